The van der Waals surface area contributed by atoms with E-state index >= 15 is 0 Å². The molecule has 0 aliphatic carbocycles. The number of nitrogens with zero attached hydrogens (tertiary/aromatic N) is 2. The molecule has 0 unspecified atom stereocenters. The van der Waals surface area contributed by atoms with Crippen LogP contribution in [0.5, 0.6) is 0 Å². The molecule has 0 fully saturated rings. The number of aromatic nitrogens is 1. The van der Waals surface area contributed by atoms with E-state index < -0.39 is 0 Å². The van der Waals surface area contributed by atoms with Crippen molar-refractivity contribution in [1.29, 1.82) is 0 Å². The van der Waals surface area contributed by atoms with Gasteiger partial charge in [0.25, 0.3) is 5.91 Å². The summed E-state index contributed by atoms with van der Waals surface area (Å²) < 4.78 is 0. The number of benzene rings is 1. The Hall–Kier alpha value is -2.40. The number of anilines is 2. The lowest BCUT2D eigenvalue weighted by molar-refractivity contribution is 0.0952. The van der Waals surface area contributed by atoms with Gasteiger partial charge in [-0.1, -0.05) is 32.9 Å². The predicted molar refractivity (Wildman–Crippen MR) is 108 cm³/mol. The fraction of sp³-hybridized carbons (Fsp3) is 0.429. The summed E-state index contributed by atoms with van der Waals surface area (Å²) in [5.74, 6) is 0.634. The number of nitrogens with one attached hydrogen (secondary N) is 2. The molecule has 5 heteroatoms. The summed E-state index contributed by atoms with van der Waals surface area (Å²) in [6.45, 7) is 8.20. The third kappa shape index (κ3) is 6.15. The lowest BCUT2D eigenvalue weighted by Gasteiger charge is -2.19. The normalized spacial score (nSPS) is 11.5. The minimum absolute atomic E-state index is 0.0858. The largest absolute Gasteiger partial charge is 0.352 e. The monoisotopic (exact) mass is 354 g/mol. The van der Waals surface area contributed by atoms with Crippen LogP contribution >= 0.6 is 0 Å². The first-order chi connectivity index (χ1) is 12.3. The van der Waals surface area contributed by atoms with Crippen molar-refractivity contribution in [2.75, 3.05) is 32.5 Å². The van der Waals surface area contributed by atoms with Gasteiger partial charge in [-0.25, -0.2) is 4.98 Å². The molecule has 2 rings (SSSR count). The highest BCUT2D eigenvalue weighted by molar-refractivity contribution is 5.94. The van der Waals surface area contributed by atoms with E-state index in [0.717, 1.165) is 24.5 Å². The summed E-state index contributed by atoms with van der Waals surface area (Å²) in [6, 6.07) is 12.0. The third-order valence-electron chi connectivity index (χ3n) is 4.12. The first-order valence-electron chi connectivity index (χ1n) is 9.02. The second-order valence-electron chi connectivity index (χ2n) is 7.80. The summed E-state index contributed by atoms with van der Waals surface area (Å²) in [5.41, 5.74) is 2.98. The SMILES string of the molecule is CN(C)CCCNC(=O)c1ccc(Nc2ccc(C(C)(C)C)cc2)nc1. The Morgan fingerprint density at radius 2 is 1.77 bits per heavy atom. The average Bonchev–Trinajstić information content (AvgIpc) is 2.59. The summed E-state index contributed by atoms with van der Waals surface area (Å²) in [5, 5.41) is 6.18. The standard InChI is InChI=1S/C21H30N4O/c1-21(2,3)17-8-10-18(11-9-17)24-19-12-7-16(15-23-19)20(26)22-13-6-14-25(4)5/h7-12,15H,6,13-14H2,1-5H3,(H,22,26)(H,23,24). The zero-order chi connectivity index (χ0) is 19.2. The summed E-state index contributed by atoms with van der Waals surface area (Å²) >= 11 is 0. The molecular weight excluding hydrogens is 324 g/mol. The Morgan fingerprint density at radius 1 is 1.08 bits per heavy atom. The quantitative estimate of drug-likeness (QED) is 0.743. The number of hydrogen-bond acceptors (Lipinski definition) is 4. The molecule has 2 N–H and O–H groups in total. The van der Waals surface area contributed by atoms with Crippen LogP contribution in [0.2, 0.25) is 0 Å². The molecule has 1 aromatic carbocycles. The molecule has 1 aromatic heterocycles. The summed E-state index contributed by atoms with van der Waals surface area (Å²) in [4.78, 5) is 18.5. The second kappa shape index (κ2) is 8.81. The fourth-order valence-corrected chi connectivity index (χ4v) is 2.50. The van der Waals surface area contributed by atoms with Gasteiger partial charge in [-0.15, -0.1) is 0 Å². The van der Waals surface area contributed by atoms with Gasteiger partial charge in [0.15, 0.2) is 0 Å². The Labute approximate surface area is 156 Å². The van der Waals surface area contributed by atoms with Crippen LogP contribution in [0.4, 0.5) is 11.5 Å². The van der Waals surface area contributed by atoms with E-state index in [4.69, 9.17) is 0 Å². The van der Waals surface area contributed by atoms with Gasteiger partial charge in [0.1, 0.15) is 5.82 Å². The maximum absolute atomic E-state index is 12.1. The van der Waals surface area contributed by atoms with Crippen molar-refractivity contribution in [3.8, 4) is 0 Å². The van der Waals surface area contributed by atoms with Crippen molar-refractivity contribution < 1.29 is 4.79 Å². The highest BCUT2D eigenvalue weighted by Gasteiger charge is 2.13. The van der Waals surface area contributed by atoms with Crippen molar-refractivity contribution >= 4 is 17.4 Å². The molecule has 0 saturated carbocycles. The minimum atomic E-state index is -0.0858. The number of amides is 1. The highest BCUT2D eigenvalue weighted by Crippen LogP contribution is 2.24. The van der Waals surface area contributed by atoms with Crippen molar-refractivity contribution in [3.05, 3.63) is 53.7 Å². The van der Waals surface area contributed by atoms with Gasteiger partial charge in [0, 0.05) is 18.4 Å². The topological polar surface area (TPSA) is 57.3 Å². The lowest BCUT2D eigenvalue weighted by Crippen LogP contribution is -2.27. The van der Waals surface area contributed by atoms with Crippen LogP contribution in [0.15, 0.2) is 42.6 Å². The van der Waals surface area contributed by atoms with Gasteiger partial charge in [-0.3, -0.25) is 4.79 Å². The first kappa shape index (κ1) is 19.9. The van der Waals surface area contributed by atoms with Crippen LogP contribution in [-0.2, 0) is 5.41 Å². The van der Waals surface area contributed by atoms with E-state index in [1.807, 2.05) is 32.3 Å². The molecule has 26 heavy (non-hydrogen) atoms. The Kier molecular flexibility index (Phi) is 6.75. The smallest absolute Gasteiger partial charge is 0.252 e. The molecule has 1 amide bonds. The zero-order valence-corrected chi connectivity index (χ0v) is 16.5. The lowest BCUT2D eigenvalue weighted by atomic mass is 9.87. The maximum atomic E-state index is 12.1. The van der Waals surface area contributed by atoms with E-state index in [-0.39, 0.29) is 11.3 Å². The Balaban J connectivity index is 1.89. The van der Waals surface area contributed by atoms with Crippen LogP contribution in [0, 0.1) is 0 Å². The van der Waals surface area contributed by atoms with Crippen LogP contribution in [0.1, 0.15) is 43.1 Å². The molecule has 0 bridgehead atoms. The second-order valence-corrected chi connectivity index (χ2v) is 7.80. The number of carbonyl (C=O) groups is 1. The van der Waals surface area contributed by atoms with Crippen LogP contribution in [-0.4, -0.2) is 43.0 Å². The molecule has 5 nitrogen and oxygen atoms in total. The van der Waals surface area contributed by atoms with Gasteiger partial charge in [0.05, 0.1) is 5.56 Å². The molecule has 1 heterocycles. The highest BCUT2D eigenvalue weighted by atomic mass is 16.1. The van der Waals surface area contributed by atoms with Crippen molar-refractivity contribution in [3.63, 3.8) is 0 Å². The van der Waals surface area contributed by atoms with Crippen LogP contribution in [0.25, 0.3) is 0 Å². The van der Waals surface area contributed by atoms with Gasteiger partial charge in [0.2, 0.25) is 0 Å². The summed E-state index contributed by atoms with van der Waals surface area (Å²) in [7, 11) is 4.04. The number of pyridine rings is 1. The van der Waals surface area contributed by atoms with Gasteiger partial charge < -0.3 is 15.5 Å². The number of carbonyl (C=O) groups excluding carboxylic acids is 1. The third-order valence-corrected chi connectivity index (χ3v) is 4.12. The van der Waals surface area contributed by atoms with Crippen molar-refractivity contribution in [2.24, 2.45) is 0 Å². The Bertz CT molecular complexity index is 700. The molecule has 2 aromatic rings. The minimum Gasteiger partial charge on any atom is -0.352 e. The van der Waals surface area contributed by atoms with Crippen molar-refractivity contribution in [1.82, 2.24) is 15.2 Å². The van der Waals surface area contributed by atoms with E-state index in [1.54, 1.807) is 12.3 Å². The van der Waals surface area contributed by atoms with E-state index in [9.17, 15) is 4.79 Å². The molecule has 0 radical (unpaired) electrons. The van der Waals surface area contributed by atoms with Gasteiger partial charge in [-0.2, -0.15) is 0 Å². The molecule has 140 valence electrons. The number of rotatable bonds is 7. The zero-order valence-electron chi connectivity index (χ0n) is 16.5. The molecule has 0 atom stereocenters. The van der Waals surface area contributed by atoms with Crippen molar-refractivity contribution in [2.45, 2.75) is 32.6 Å². The fourth-order valence-electron chi connectivity index (χ4n) is 2.50. The van der Waals surface area contributed by atoms with E-state index in [0.29, 0.717) is 12.1 Å². The van der Waals surface area contributed by atoms with Crippen LogP contribution in [0.3, 0.4) is 0 Å². The average molecular weight is 354 g/mol. The predicted octanol–water partition coefficient (Wildman–Crippen LogP) is 3.80. The Morgan fingerprint density at radius 3 is 2.31 bits per heavy atom. The van der Waals surface area contributed by atoms with E-state index in [1.165, 1.54) is 5.56 Å². The first-order valence-corrected chi connectivity index (χ1v) is 9.02. The molecular formula is C21H30N4O. The summed E-state index contributed by atoms with van der Waals surface area (Å²) in [6.07, 6.45) is 2.53. The van der Waals surface area contributed by atoms with Gasteiger partial charge >= 0.3 is 0 Å². The molecule has 0 aliphatic rings. The maximum Gasteiger partial charge on any atom is 0.252 e. The van der Waals surface area contributed by atoms with E-state index in [2.05, 4.69) is 53.4 Å². The molecule has 0 saturated heterocycles. The van der Waals surface area contributed by atoms with Crippen LogP contribution < -0.4 is 10.6 Å². The molecule has 0 spiro atoms. The van der Waals surface area contributed by atoms with Gasteiger partial charge in [-0.05, 0) is 62.3 Å². The molecule has 0 aliphatic heterocycles. The number of hydrogen-bond donors (Lipinski definition) is 2.